The molecular weight excluding hydrogens is 1810 g/mol. The fraction of sp³-hybridized carbons (Fsp3) is 0.889. The molecule has 6 saturated heterocycles. The summed E-state index contributed by atoms with van der Waals surface area (Å²) in [5.41, 5.74) is 0. The fourth-order valence-corrected chi connectivity index (χ4v) is 18.3. The number of allylic oxidation sites excluding steroid dienone is 2. The molecule has 788 valence electrons. The minimum absolute atomic E-state index is 0.0930. The molecule has 0 aliphatic carbocycles. The number of hydrogen-bond donors (Lipinski definition) is 26. The zero-order valence-corrected chi connectivity index (χ0v) is 78.7. The maximum Gasteiger partial charge on any atom is 0.364 e. The largest absolute Gasteiger partial charge is 0.477 e. The van der Waals surface area contributed by atoms with Gasteiger partial charge in [-0.15, -0.1) is 0 Å². The van der Waals surface area contributed by atoms with E-state index in [4.69, 9.17) is 56.8 Å². The second-order valence-corrected chi connectivity index (χ2v) is 36.7. The number of ether oxygens (including phenoxy) is 12. The molecule has 0 bridgehead atoms. The summed E-state index contributed by atoms with van der Waals surface area (Å²) in [6.45, 7) is -0.546. The van der Waals surface area contributed by atoms with Crippen LogP contribution in [-0.2, 0) is 95.2 Å². The van der Waals surface area contributed by atoms with Crippen molar-refractivity contribution in [2.75, 3.05) is 46.2 Å². The molecule has 35 atom stereocenters. The van der Waals surface area contributed by atoms with E-state index in [1.54, 1.807) is 0 Å². The van der Waals surface area contributed by atoms with Gasteiger partial charge in [-0.2, -0.15) is 0 Å². The van der Waals surface area contributed by atoms with Crippen molar-refractivity contribution in [2.24, 2.45) is 5.92 Å². The van der Waals surface area contributed by atoms with Gasteiger partial charge in [0.25, 0.3) is 17.4 Å². The van der Waals surface area contributed by atoms with Crippen molar-refractivity contribution in [2.45, 2.75) is 454 Å². The maximum atomic E-state index is 14.4. The lowest BCUT2D eigenvalue weighted by atomic mass is 9.86. The van der Waals surface area contributed by atoms with Gasteiger partial charge in [-0.1, -0.05) is 161 Å². The maximum absolute atomic E-state index is 14.4. The van der Waals surface area contributed by atoms with Crippen molar-refractivity contribution >= 4 is 47.3 Å². The van der Waals surface area contributed by atoms with E-state index in [-0.39, 0.29) is 12.8 Å². The zero-order chi connectivity index (χ0) is 101. The van der Waals surface area contributed by atoms with E-state index < -0.39 is 332 Å². The van der Waals surface area contributed by atoms with Crippen LogP contribution in [-0.4, -0.2) is 413 Å². The number of carboxylic acids is 3. The second kappa shape index (κ2) is 59.5. The van der Waals surface area contributed by atoms with Crippen LogP contribution in [0, 0.1) is 5.92 Å². The third-order valence-electron chi connectivity index (χ3n) is 25.8. The molecule has 0 aromatic carbocycles. The molecule has 0 aromatic heterocycles. The molecule has 46 nitrogen and oxygen atoms in total. The highest BCUT2D eigenvalue weighted by atomic mass is 16.8. The van der Waals surface area contributed by atoms with Gasteiger partial charge in [-0.3, -0.25) is 19.2 Å². The molecule has 136 heavy (non-hydrogen) atoms. The average molecular weight is 1970 g/mol. The summed E-state index contributed by atoms with van der Waals surface area (Å²) in [6, 6.07) is -7.21. The van der Waals surface area contributed by atoms with Crippen LogP contribution >= 0.6 is 0 Å². The number of amides is 4. The van der Waals surface area contributed by atoms with Gasteiger partial charge in [-0.05, 0) is 45.4 Å². The molecular formula is C90H156N4O42. The summed E-state index contributed by atoms with van der Waals surface area (Å²) >= 11 is 0. The average Bonchev–Trinajstić information content (AvgIpc) is 0.732. The number of aliphatic carboxylic acids is 3. The monoisotopic (exact) mass is 1970 g/mol. The molecule has 3 unspecified atom stereocenters. The number of ketones is 1. The number of carbonyl (C=O) groups is 8. The van der Waals surface area contributed by atoms with E-state index in [9.17, 15) is 151 Å². The summed E-state index contributed by atoms with van der Waals surface area (Å²) in [7, 11) is 0. The Balaban J connectivity index is 1.32. The molecule has 6 aliphatic heterocycles. The number of unbranched alkanes of at least 4 members (excludes halogenated alkanes) is 23. The highest BCUT2D eigenvalue weighted by molar-refractivity contribution is 5.79. The molecule has 46 heteroatoms. The van der Waals surface area contributed by atoms with Crippen LogP contribution in [0.1, 0.15) is 247 Å². The van der Waals surface area contributed by atoms with Crippen molar-refractivity contribution < 1.29 is 208 Å². The van der Waals surface area contributed by atoms with Gasteiger partial charge in [0.2, 0.25) is 23.6 Å². The predicted molar refractivity (Wildman–Crippen MR) is 470 cm³/mol. The number of nitrogens with one attached hydrogen (secondary N) is 4. The minimum Gasteiger partial charge on any atom is -0.477 e. The third kappa shape index (κ3) is 34.4. The van der Waals surface area contributed by atoms with Crippen molar-refractivity contribution in [3.05, 3.63) is 12.2 Å². The number of Topliss-reactive ketones (excluding diaryl/α,β-unsaturated/α-hetero) is 1. The Morgan fingerprint density at radius 2 is 0.801 bits per heavy atom. The number of aliphatic hydroxyl groups excluding tert-OH is 19. The molecule has 26 N–H and O–H groups in total. The summed E-state index contributed by atoms with van der Waals surface area (Å²) in [6.07, 6.45) is -34.5. The van der Waals surface area contributed by atoms with Crippen LogP contribution in [0.2, 0.25) is 0 Å². The van der Waals surface area contributed by atoms with Crippen LogP contribution < -0.4 is 21.3 Å². The standard InChI is InChI=1S/C90H156N4O42/c1-7-9-11-13-15-17-19-21-22-24-26-28-30-32-34-36-64(110)94-53(54(105)35-33-31-29-27-25-23-20-18-16-14-12-10-8-2)47-125-83-74(117)73(116)76(62(45-99)127-83)129-84-75(118)81(77(63(46-100)128-84)130-82-52(37-48(3)101)68(111)70(113)59(42-96)126-82)136-90(87(123)124)40-57(108)67(93-51(6)104)80(135-90)72(115)61(44-98)132-89(86(121)122)39-56(107)66(92-50(5)103)79(134-89)71(114)60(43-97)131-88(85(119)120)38-55(106)65(91-49(4)102)78(133-88)69(112)58(109)41-95/h21-22,52-63,65-84,95-100,105-109,111-118H,7-20,23-47H2,1-6H3,(H,91,102)(H,92,103)(H,93,104)(H,94,110)(H,119,120)(H,121,122)(H,123,124)/t52-,53+,54-,55+,56+,57+,58-,59-,60-,61-,62-,63-,65-,66-,67-,68-,69-,70+,71-,72-,73-,74-,75-,76-,77+,78?,79?,80?,81-,82+,83-,84+,88-,89-,90+/m1/s1. The van der Waals surface area contributed by atoms with Gasteiger partial charge >= 0.3 is 17.9 Å². The zero-order valence-electron chi connectivity index (χ0n) is 78.7. The number of carboxylic acid groups (broad SMARTS) is 3. The van der Waals surface area contributed by atoms with Crippen molar-refractivity contribution in [3.8, 4) is 0 Å². The van der Waals surface area contributed by atoms with Gasteiger partial charge in [0.05, 0.1) is 101 Å². The van der Waals surface area contributed by atoms with E-state index in [0.29, 0.717) is 12.8 Å². The van der Waals surface area contributed by atoms with Gasteiger partial charge in [0.1, 0.15) is 122 Å². The Bertz CT molecular complexity index is 3570. The predicted octanol–water partition coefficient (Wildman–Crippen LogP) is -3.43. The van der Waals surface area contributed by atoms with Crippen molar-refractivity contribution in [1.29, 1.82) is 0 Å². The molecule has 6 heterocycles. The Kier molecular flexibility index (Phi) is 52.1. The Labute approximate surface area is 791 Å². The van der Waals surface area contributed by atoms with Crippen LogP contribution in [0.5, 0.6) is 0 Å². The lowest BCUT2D eigenvalue weighted by molar-refractivity contribution is -0.404. The Morgan fingerprint density at radius 1 is 0.412 bits per heavy atom. The number of carbonyl (C=O) groups excluding carboxylic acids is 5. The first-order valence-electron chi connectivity index (χ1n) is 48.0. The molecule has 0 spiro atoms. The van der Waals surface area contributed by atoms with E-state index in [0.717, 1.165) is 105 Å². The molecule has 0 aromatic rings. The summed E-state index contributed by atoms with van der Waals surface area (Å²) in [4.78, 5) is 107. The number of rotatable bonds is 64. The molecule has 6 aliphatic rings. The highest BCUT2D eigenvalue weighted by Gasteiger charge is 2.65. The topological polar surface area (TPSA) is 741 Å². The second-order valence-electron chi connectivity index (χ2n) is 36.7. The molecule has 0 saturated carbocycles. The van der Waals surface area contributed by atoms with Crippen LogP contribution in [0.4, 0.5) is 0 Å². The highest BCUT2D eigenvalue weighted by Crippen LogP contribution is 2.45. The molecule has 4 amide bonds. The quantitative estimate of drug-likeness (QED) is 0.0208. The SMILES string of the molecule is CCCCCCCCC=CCCCCCCCC(=O)N[C@@H](CO[C@@H]1O[C@H](CO)[C@@H](O[C@@H]2O[C@H](CO)[C@H](O[C@@H]3O[C@H](CO)[C@H](O)[C@H](O)[C@H]3CC(C)=O)[C@H](O[C@]3(C(=O)O)C[C@H](O)[C@@H](NC(C)=O)C([C@H](O)[C@@H](CO)O[C@]4(C(=O)O)C[C@H](O)[C@@H](NC(C)=O)C([C@H](O)[C@@H](CO)O[C@]5(C(=O)O)C[C@H](O)[C@@H](NC(C)=O)C([C@H](O)[C@H](O)CO)O5)O4)O3)[C@H]2O)[C@H](O)[C@H]1O)[C@H](O)CCCCCCCCCCCCCCC. The lowest BCUT2D eigenvalue weighted by Crippen LogP contribution is -2.72. The van der Waals surface area contributed by atoms with Gasteiger partial charge in [0.15, 0.2) is 18.9 Å². The first-order chi connectivity index (χ1) is 64.6. The first kappa shape index (κ1) is 119. The van der Waals surface area contributed by atoms with Crippen LogP contribution in [0.15, 0.2) is 12.2 Å². The first-order valence-corrected chi connectivity index (χ1v) is 48.0. The van der Waals surface area contributed by atoms with Crippen molar-refractivity contribution in [1.82, 2.24) is 21.3 Å². The van der Waals surface area contributed by atoms with E-state index >= 15 is 0 Å². The van der Waals surface area contributed by atoms with E-state index in [2.05, 4.69) is 47.3 Å². The van der Waals surface area contributed by atoms with Gasteiger partial charge in [0, 0.05) is 58.8 Å². The van der Waals surface area contributed by atoms with Gasteiger partial charge < -0.3 is 195 Å². The van der Waals surface area contributed by atoms with E-state index in [1.807, 2.05) is 0 Å². The van der Waals surface area contributed by atoms with Crippen LogP contribution in [0.25, 0.3) is 0 Å². The van der Waals surface area contributed by atoms with Crippen LogP contribution in [0.3, 0.4) is 0 Å². The van der Waals surface area contributed by atoms with E-state index in [1.165, 1.54) is 77.0 Å². The number of aliphatic hydroxyl groups is 19. The molecule has 6 fully saturated rings. The molecule has 0 radical (unpaired) electrons. The third-order valence-corrected chi connectivity index (χ3v) is 25.8. The fourth-order valence-electron chi connectivity index (χ4n) is 18.3. The summed E-state index contributed by atoms with van der Waals surface area (Å²) < 4.78 is 72.0. The summed E-state index contributed by atoms with van der Waals surface area (Å²) in [5.74, 6) is -23.5. The smallest absolute Gasteiger partial charge is 0.364 e. The normalized spacial score (nSPS) is 34.0. The lowest BCUT2D eigenvalue weighted by Gasteiger charge is -2.53. The Hall–Kier alpha value is -5.54. The number of hydrogen-bond acceptors (Lipinski definition) is 39. The minimum atomic E-state index is -3.71. The van der Waals surface area contributed by atoms with Crippen molar-refractivity contribution in [3.63, 3.8) is 0 Å². The Morgan fingerprint density at radius 3 is 1.22 bits per heavy atom. The summed E-state index contributed by atoms with van der Waals surface area (Å²) in [5, 5.41) is 261. The van der Waals surface area contributed by atoms with Gasteiger partial charge in [-0.25, -0.2) is 14.4 Å². The molecule has 6 rings (SSSR count).